The molecule has 1 atom stereocenters. The summed E-state index contributed by atoms with van der Waals surface area (Å²) in [6, 6.07) is 8.69. The monoisotopic (exact) mass is 247 g/mol. The molecule has 0 saturated heterocycles. The topological polar surface area (TPSA) is 35.2 Å². The minimum atomic E-state index is 0.189. The molecule has 0 aromatic heterocycles. The highest BCUT2D eigenvalue weighted by molar-refractivity contribution is 5.31. The smallest absolute Gasteiger partial charge is 0.0827 e. The SMILES string of the molecule is CC(C)(CN)CCOC1CCCc2ccccc21. The van der Waals surface area contributed by atoms with Gasteiger partial charge in [0.05, 0.1) is 6.10 Å². The highest BCUT2D eigenvalue weighted by atomic mass is 16.5. The van der Waals surface area contributed by atoms with Crippen molar-refractivity contribution in [3.05, 3.63) is 35.4 Å². The Kier molecular flexibility index (Phi) is 4.41. The van der Waals surface area contributed by atoms with E-state index in [0.29, 0.717) is 6.10 Å². The van der Waals surface area contributed by atoms with Crippen LogP contribution in [0.2, 0.25) is 0 Å². The van der Waals surface area contributed by atoms with Crippen LogP contribution in [0.15, 0.2) is 24.3 Å². The summed E-state index contributed by atoms with van der Waals surface area (Å²) in [5.41, 5.74) is 8.80. The normalized spacial score (nSPS) is 19.6. The second kappa shape index (κ2) is 5.85. The molecule has 2 rings (SSSR count). The summed E-state index contributed by atoms with van der Waals surface area (Å²) in [7, 11) is 0. The average molecular weight is 247 g/mol. The molecule has 0 aliphatic heterocycles. The molecule has 0 heterocycles. The van der Waals surface area contributed by atoms with Crippen LogP contribution in [-0.4, -0.2) is 13.2 Å². The molecule has 0 fully saturated rings. The zero-order chi connectivity index (χ0) is 13.0. The van der Waals surface area contributed by atoms with Gasteiger partial charge in [-0.05, 0) is 48.8 Å². The molecule has 0 bridgehead atoms. The van der Waals surface area contributed by atoms with Crippen LogP contribution in [0, 0.1) is 5.41 Å². The highest BCUT2D eigenvalue weighted by Crippen LogP contribution is 2.33. The summed E-state index contributed by atoms with van der Waals surface area (Å²) in [5, 5.41) is 0. The zero-order valence-corrected chi connectivity index (χ0v) is 11.6. The molecule has 0 spiro atoms. The molecule has 18 heavy (non-hydrogen) atoms. The molecule has 100 valence electrons. The van der Waals surface area contributed by atoms with Crippen molar-refractivity contribution in [2.24, 2.45) is 11.1 Å². The number of nitrogens with two attached hydrogens (primary N) is 1. The Morgan fingerprint density at radius 1 is 1.33 bits per heavy atom. The molecule has 1 aromatic carbocycles. The van der Waals surface area contributed by atoms with Gasteiger partial charge in [0.2, 0.25) is 0 Å². The third kappa shape index (κ3) is 3.33. The molecule has 1 unspecified atom stereocenters. The van der Waals surface area contributed by atoms with E-state index in [9.17, 15) is 0 Å². The van der Waals surface area contributed by atoms with Crippen molar-refractivity contribution in [2.45, 2.75) is 45.6 Å². The fraction of sp³-hybridized carbons (Fsp3) is 0.625. The predicted molar refractivity (Wildman–Crippen MR) is 75.5 cm³/mol. The maximum atomic E-state index is 6.09. The summed E-state index contributed by atoms with van der Waals surface area (Å²) in [4.78, 5) is 0. The molecule has 2 N–H and O–H groups in total. The van der Waals surface area contributed by atoms with Crippen molar-refractivity contribution >= 4 is 0 Å². The van der Waals surface area contributed by atoms with E-state index in [1.807, 2.05) is 0 Å². The van der Waals surface area contributed by atoms with Crippen molar-refractivity contribution in [3.63, 3.8) is 0 Å². The minimum Gasteiger partial charge on any atom is -0.373 e. The molecule has 0 radical (unpaired) electrons. The maximum absolute atomic E-state index is 6.09. The van der Waals surface area contributed by atoms with Gasteiger partial charge in [0.1, 0.15) is 0 Å². The second-order valence-corrected chi connectivity index (χ2v) is 6.07. The van der Waals surface area contributed by atoms with Crippen LogP contribution in [0.5, 0.6) is 0 Å². The van der Waals surface area contributed by atoms with Crippen molar-refractivity contribution in [3.8, 4) is 0 Å². The molecule has 1 aliphatic carbocycles. The van der Waals surface area contributed by atoms with Crippen LogP contribution in [0.25, 0.3) is 0 Å². The van der Waals surface area contributed by atoms with Crippen molar-refractivity contribution in [1.82, 2.24) is 0 Å². The van der Waals surface area contributed by atoms with E-state index >= 15 is 0 Å². The molecule has 0 saturated carbocycles. The van der Waals surface area contributed by atoms with Crippen LogP contribution in [0.3, 0.4) is 0 Å². The first-order valence-corrected chi connectivity index (χ1v) is 7.02. The zero-order valence-electron chi connectivity index (χ0n) is 11.6. The number of hydrogen-bond acceptors (Lipinski definition) is 2. The lowest BCUT2D eigenvalue weighted by molar-refractivity contribution is 0.0253. The molecule has 2 nitrogen and oxygen atoms in total. The van der Waals surface area contributed by atoms with E-state index in [2.05, 4.69) is 38.1 Å². The lowest BCUT2D eigenvalue weighted by Crippen LogP contribution is -2.25. The van der Waals surface area contributed by atoms with Gasteiger partial charge in [0, 0.05) is 6.61 Å². The largest absolute Gasteiger partial charge is 0.373 e. The number of aryl methyl sites for hydroxylation is 1. The molecule has 1 aliphatic rings. The van der Waals surface area contributed by atoms with Gasteiger partial charge in [0.25, 0.3) is 0 Å². The maximum Gasteiger partial charge on any atom is 0.0827 e. The number of rotatable bonds is 5. The molecule has 2 heteroatoms. The first-order valence-electron chi connectivity index (χ1n) is 7.02. The first kappa shape index (κ1) is 13.6. The molecular formula is C16H25NO. The lowest BCUT2D eigenvalue weighted by Gasteiger charge is -2.28. The third-order valence-corrected chi connectivity index (χ3v) is 3.96. The number of ether oxygens (including phenoxy) is 1. The van der Waals surface area contributed by atoms with E-state index in [1.54, 1.807) is 0 Å². The van der Waals surface area contributed by atoms with E-state index < -0.39 is 0 Å². The molecular weight excluding hydrogens is 222 g/mol. The quantitative estimate of drug-likeness (QED) is 0.865. The van der Waals surface area contributed by atoms with Crippen LogP contribution in [0.1, 0.15) is 50.3 Å². The van der Waals surface area contributed by atoms with Gasteiger partial charge in [-0.1, -0.05) is 38.1 Å². The Bertz CT molecular complexity index is 386. The number of fused-ring (bicyclic) bond motifs is 1. The molecule has 1 aromatic rings. The summed E-state index contributed by atoms with van der Waals surface area (Å²) < 4.78 is 6.09. The Hall–Kier alpha value is -0.860. The molecule has 0 amide bonds. The van der Waals surface area contributed by atoms with Gasteiger partial charge < -0.3 is 10.5 Å². The van der Waals surface area contributed by atoms with Crippen LogP contribution < -0.4 is 5.73 Å². The van der Waals surface area contributed by atoms with Gasteiger partial charge in [-0.15, -0.1) is 0 Å². The number of hydrogen-bond donors (Lipinski definition) is 1. The van der Waals surface area contributed by atoms with Gasteiger partial charge in [-0.25, -0.2) is 0 Å². The van der Waals surface area contributed by atoms with Crippen LogP contribution in [-0.2, 0) is 11.2 Å². The van der Waals surface area contributed by atoms with Crippen LogP contribution in [0.4, 0.5) is 0 Å². The fourth-order valence-corrected chi connectivity index (χ4v) is 2.46. The minimum absolute atomic E-state index is 0.189. The Labute approximate surface area is 111 Å². The van der Waals surface area contributed by atoms with Gasteiger partial charge in [-0.2, -0.15) is 0 Å². The first-order chi connectivity index (χ1) is 8.62. The van der Waals surface area contributed by atoms with Gasteiger partial charge >= 0.3 is 0 Å². The Morgan fingerprint density at radius 3 is 2.89 bits per heavy atom. The Balaban J connectivity index is 1.92. The third-order valence-electron chi connectivity index (χ3n) is 3.96. The standard InChI is InChI=1S/C16H25NO/c1-16(2,12-17)10-11-18-15-9-5-7-13-6-3-4-8-14(13)15/h3-4,6,8,15H,5,7,9-12,17H2,1-2H3. The number of benzene rings is 1. The van der Waals surface area contributed by atoms with Crippen molar-refractivity contribution in [1.29, 1.82) is 0 Å². The highest BCUT2D eigenvalue weighted by Gasteiger charge is 2.21. The summed E-state index contributed by atoms with van der Waals surface area (Å²) in [6.45, 7) is 5.93. The van der Waals surface area contributed by atoms with Gasteiger partial charge in [-0.3, -0.25) is 0 Å². The second-order valence-electron chi connectivity index (χ2n) is 6.07. The van der Waals surface area contributed by atoms with E-state index in [-0.39, 0.29) is 5.41 Å². The lowest BCUT2D eigenvalue weighted by atomic mass is 9.88. The Morgan fingerprint density at radius 2 is 2.11 bits per heavy atom. The van der Waals surface area contributed by atoms with E-state index in [0.717, 1.165) is 26.0 Å². The van der Waals surface area contributed by atoms with E-state index in [4.69, 9.17) is 10.5 Å². The summed E-state index contributed by atoms with van der Waals surface area (Å²) >= 11 is 0. The fourth-order valence-electron chi connectivity index (χ4n) is 2.46. The predicted octanol–water partition coefficient (Wildman–Crippen LogP) is 3.46. The van der Waals surface area contributed by atoms with Gasteiger partial charge in [0.15, 0.2) is 0 Å². The van der Waals surface area contributed by atoms with Crippen molar-refractivity contribution in [2.75, 3.05) is 13.2 Å². The summed E-state index contributed by atoms with van der Waals surface area (Å²) in [6.07, 6.45) is 4.91. The van der Waals surface area contributed by atoms with Crippen LogP contribution >= 0.6 is 0 Å². The van der Waals surface area contributed by atoms with Crippen molar-refractivity contribution < 1.29 is 4.74 Å². The summed E-state index contributed by atoms with van der Waals surface area (Å²) in [5.74, 6) is 0. The average Bonchev–Trinajstić information content (AvgIpc) is 2.39. The van der Waals surface area contributed by atoms with E-state index in [1.165, 1.54) is 24.0 Å².